The van der Waals surface area contributed by atoms with Crippen LogP contribution in [0.2, 0.25) is 0 Å². The Kier molecular flexibility index (Phi) is 1.53. The van der Waals surface area contributed by atoms with Crippen molar-refractivity contribution in [3.8, 4) is 0 Å². The lowest BCUT2D eigenvalue weighted by atomic mass is 10.0. The number of hydrogen-bond donors (Lipinski definition) is 0. The summed E-state index contributed by atoms with van der Waals surface area (Å²) in [5.41, 5.74) is 3.55. The Morgan fingerprint density at radius 3 is 2.80 bits per heavy atom. The molecule has 0 N–H and O–H groups in total. The third kappa shape index (κ3) is 0.988. The Morgan fingerprint density at radius 2 is 1.90 bits per heavy atom. The molecule has 0 spiro atoms. The van der Waals surface area contributed by atoms with Crippen molar-refractivity contribution in [2.75, 3.05) is 20.1 Å². The predicted octanol–water partition coefficient (Wildman–Crippen LogP) is 1.80. The van der Waals surface area contributed by atoms with Gasteiger partial charge in [-0.3, -0.25) is 0 Å². The fourth-order valence-corrected chi connectivity index (χ4v) is 2.09. The van der Waals surface area contributed by atoms with E-state index in [0.717, 1.165) is 0 Å². The molecule has 10 heavy (non-hydrogen) atoms. The molecule has 0 aromatic carbocycles. The van der Waals surface area contributed by atoms with E-state index in [0.29, 0.717) is 0 Å². The molecule has 0 radical (unpaired) electrons. The van der Waals surface area contributed by atoms with Crippen molar-refractivity contribution in [3.63, 3.8) is 0 Å². The molecule has 2 aliphatic rings. The van der Waals surface area contributed by atoms with Crippen molar-refractivity contribution >= 4 is 0 Å². The van der Waals surface area contributed by atoms with Crippen molar-refractivity contribution in [2.45, 2.75) is 25.7 Å². The van der Waals surface area contributed by atoms with Crippen molar-refractivity contribution in [3.05, 3.63) is 11.1 Å². The van der Waals surface area contributed by atoms with Crippen LogP contribution in [0.15, 0.2) is 11.1 Å². The lowest BCUT2D eigenvalue weighted by Crippen LogP contribution is -2.26. The minimum Gasteiger partial charge on any atom is -0.302 e. The van der Waals surface area contributed by atoms with Gasteiger partial charge in [-0.2, -0.15) is 0 Å². The van der Waals surface area contributed by atoms with Gasteiger partial charge in [0.15, 0.2) is 0 Å². The van der Waals surface area contributed by atoms with E-state index >= 15 is 0 Å². The highest BCUT2D eigenvalue weighted by atomic mass is 15.1. The second-order valence-corrected chi connectivity index (χ2v) is 3.55. The summed E-state index contributed by atoms with van der Waals surface area (Å²) in [6.07, 6.45) is 5.58. The molecule has 1 heteroatoms. The van der Waals surface area contributed by atoms with Crippen LogP contribution in [-0.4, -0.2) is 25.0 Å². The number of likely N-dealkylation sites (N-methyl/N-ethyl adjacent to an activating group) is 1. The van der Waals surface area contributed by atoms with Gasteiger partial charge in [-0.05, 0) is 32.7 Å². The van der Waals surface area contributed by atoms with E-state index in [1.807, 2.05) is 0 Å². The summed E-state index contributed by atoms with van der Waals surface area (Å²) >= 11 is 0. The molecule has 0 saturated heterocycles. The molecule has 2 rings (SSSR count). The van der Waals surface area contributed by atoms with Gasteiger partial charge in [-0.25, -0.2) is 0 Å². The lowest BCUT2D eigenvalue weighted by molar-refractivity contribution is 0.348. The molecule has 0 saturated carbocycles. The van der Waals surface area contributed by atoms with Gasteiger partial charge < -0.3 is 4.90 Å². The Balaban J connectivity index is 2.13. The molecule has 0 fully saturated rings. The van der Waals surface area contributed by atoms with Crippen molar-refractivity contribution in [1.82, 2.24) is 4.90 Å². The number of hydrogen-bond acceptors (Lipinski definition) is 1. The van der Waals surface area contributed by atoms with Gasteiger partial charge in [0.1, 0.15) is 0 Å². The molecule has 0 aromatic rings. The molecule has 0 amide bonds. The van der Waals surface area contributed by atoms with Gasteiger partial charge in [0.2, 0.25) is 0 Å². The van der Waals surface area contributed by atoms with Gasteiger partial charge in [-0.1, -0.05) is 11.1 Å². The first-order valence-corrected chi connectivity index (χ1v) is 4.24. The normalized spacial score (nSPS) is 27.3. The highest BCUT2D eigenvalue weighted by Crippen LogP contribution is 2.31. The number of rotatable bonds is 0. The van der Waals surface area contributed by atoms with Crippen LogP contribution in [0.25, 0.3) is 0 Å². The van der Waals surface area contributed by atoms with Gasteiger partial charge >= 0.3 is 0 Å². The van der Waals surface area contributed by atoms with Gasteiger partial charge in [0, 0.05) is 13.1 Å². The Morgan fingerprint density at radius 1 is 1.10 bits per heavy atom. The maximum atomic E-state index is 2.43. The summed E-state index contributed by atoms with van der Waals surface area (Å²) in [7, 11) is 2.22. The smallest absolute Gasteiger partial charge is 0.0192 e. The SMILES string of the molecule is CN1CCC2=C(CCC2)C1. The molecule has 1 aliphatic carbocycles. The second-order valence-electron chi connectivity index (χ2n) is 3.55. The maximum Gasteiger partial charge on any atom is 0.0192 e. The van der Waals surface area contributed by atoms with Gasteiger partial charge in [0.05, 0.1) is 0 Å². The number of nitrogens with zero attached hydrogens (tertiary/aromatic N) is 1. The summed E-state index contributed by atoms with van der Waals surface area (Å²) < 4.78 is 0. The molecule has 0 atom stereocenters. The first kappa shape index (κ1) is 6.41. The highest BCUT2D eigenvalue weighted by Gasteiger charge is 2.19. The van der Waals surface area contributed by atoms with Crippen LogP contribution in [0, 0.1) is 0 Å². The van der Waals surface area contributed by atoms with Crippen molar-refractivity contribution in [2.24, 2.45) is 0 Å². The second kappa shape index (κ2) is 2.39. The van der Waals surface area contributed by atoms with E-state index in [4.69, 9.17) is 0 Å². The Hall–Kier alpha value is -0.300. The zero-order valence-electron chi connectivity index (χ0n) is 6.69. The minimum atomic E-state index is 1.26. The third-order valence-electron chi connectivity index (χ3n) is 2.71. The average Bonchev–Trinajstić information content (AvgIpc) is 2.33. The lowest BCUT2D eigenvalue weighted by Gasteiger charge is -2.23. The van der Waals surface area contributed by atoms with E-state index in [1.54, 1.807) is 11.1 Å². The first-order chi connectivity index (χ1) is 4.86. The van der Waals surface area contributed by atoms with Crippen LogP contribution in [0.5, 0.6) is 0 Å². The summed E-state index contributed by atoms with van der Waals surface area (Å²) in [6.45, 7) is 2.55. The zero-order valence-corrected chi connectivity index (χ0v) is 6.69. The van der Waals surface area contributed by atoms with Crippen LogP contribution in [-0.2, 0) is 0 Å². The monoisotopic (exact) mass is 137 g/mol. The summed E-state index contributed by atoms with van der Waals surface area (Å²) in [5.74, 6) is 0. The molecule has 1 aliphatic heterocycles. The van der Waals surface area contributed by atoms with E-state index in [1.165, 1.54) is 38.8 Å². The fourth-order valence-electron chi connectivity index (χ4n) is 2.09. The molecular weight excluding hydrogens is 122 g/mol. The van der Waals surface area contributed by atoms with Crippen molar-refractivity contribution in [1.29, 1.82) is 0 Å². The maximum absolute atomic E-state index is 2.43. The van der Waals surface area contributed by atoms with Crippen LogP contribution >= 0.6 is 0 Å². The molecule has 0 unspecified atom stereocenters. The highest BCUT2D eigenvalue weighted by molar-refractivity contribution is 5.23. The van der Waals surface area contributed by atoms with Crippen LogP contribution in [0.1, 0.15) is 25.7 Å². The van der Waals surface area contributed by atoms with E-state index in [-0.39, 0.29) is 0 Å². The van der Waals surface area contributed by atoms with E-state index < -0.39 is 0 Å². The van der Waals surface area contributed by atoms with E-state index in [9.17, 15) is 0 Å². The Bertz CT molecular complexity index is 170. The summed E-state index contributed by atoms with van der Waals surface area (Å²) in [4.78, 5) is 2.43. The molecule has 0 bridgehead atoms. The average molecular weight is 137 g/mol. The minimum absolute atomic E-state index is 1.26. The molecule has 0 aromatic heterocycles. The summed E-state index contributed by atoms with van der Waals surface area (Å²) in [5, 5.41) is 0. The van der Waals surface area contributed by atoms with Crippen LogP contribution < -0.4 is 0 Å². The zero-order chi connectivity index (χ0) is 6.97. The predicted molar refractivity (Wildman–Crippen MR) is 43.0 cm³/mol. The fraction of sp³-hybridized carbons (Fsp3) is 0.778. The standard InChI is InChI=1S/C9H15N/c1-10-6-5-8-3-2-4-9(8)7-10/h2-7H2,1H3. The first-order valence-electron chi connectivity index (χ1n) is 4.24. The van der Waals surface area contributed by atoms with Gasteiger partial charge in [0.25, 0.3) is 0 Å². The molecule has 1 heterocycles. The quantitative estimate of drug-likeness (QED) is 0.460. The molecule has 1 nitrogen and oxygen atoms in total. The topological polar surface area (TPSA) is 3.24 Å². The third-order valence-corrected chi connectivity index (χ3v) is 2.71. The molecule has 56 valence electrons. The Labute approximate surface area is 62.7 Å². The largest absolute Gasteiger partial charge is 0.302 e. The summed E-state index contributed by atoms with van der Waals surface area (Å²) in [6, 6.07) is 0. The van der Waals surface area contributed by atoms with E-state index in [2.05, 4.69) is 11.9 Å². The molecular formula is C9H15N. The van der Waals surface area contributed by atoms with Gasteiger partial charge in [-0.15, -0.1) is 0 Å². The van der Waals surface area contributed by atoms with Crippen molar-refractivity contribution < 1.29 is 0 Å². The van der Waals surface area contributed by atoms with Crippen LogP contribution in [0.3, 0.4) is 0 Å². The van der Waals surface area contributed by atoms with Crippen LogP contribution in [0.4, 0.5) is 0 Å².